The maximum atomic E-state index is 12.4. The maximum absolute atomic E-state index is 12.4. The normalized spacial score (nSPS) is 16.1. The fraction of sp³-hybridized carbons (Fsp3) is 0.750. The highest BCUT2D eigenvalue weighted by molar-refractivity contribution is 5.95. The molecule has 0 atom stereocenters. The molecule has 1 aromatic heterocycles. The number of nitrogens with zero attached hydrogens (tertiary/aromatic N) is 2. The van der Waals surface area contributed by atoms with Crippen LogP contribution in [0.3, 0.4) is 0 Å². The fourth-order valence-corrected chi connectivity index (χ4v) is 3.02. The maximum Gasteiger partial charge on any atom is 0.254 e. The van der Waals surface area contributed by atoms with Crippen LogP contribution in [-0.2, 0) is 7.05 Å². The van der Waals surface area contributed by atoms with Crippen molar-refractivity contribution in [2.24, 2.45) is 7.05 Å². The van der Waals surface area contributed by atoms with E-state index in [0.29, 0.717) is 12.5 Å². The summed E-state index contributed by atoms with van der Waals surface area (Å²) in [5.41, 5.74) is 1.76. The minimum atomic E-state index is 0.0157. The Bertz CT molecular complexity index is 449. The van der Waals surface area contributed by atoms with E-state index in [9.17, 15) is 4.79 Å². The molecule has 118 valence electrons. The molecule has 0 unspecified atom stereocenters. The summed E-state index contributed by atoms with van der Waals surface area (Å²) in [4.78, 5) is 12.4. The van der Waals surface area contributed by atoms with Gasteiger partial charge in [-0.3, -0.25) is 9.48 Å². The van der Waals surface area contributed by atoms with Gasteiger partial charge in [-0.1, -0.05) is 26.2 Å². The number of aromatic nitrogens is 2. The van der Waals surface area contributed by atoms with Crippen molar-refractivity contribution in [3.05, 3.63) is 17.5 Å². The molecule has 21 heavy (non-hydrogen) atoms. The Morgan fingerprint density at radius 3 is 2.76 bits per heavy atom. The molecule has 1 fully saturated rings. The van der Waals surface area contributed by atoms with Gasteiger partial charge in [0.2, 0.25) is 0 Å². The second-order valence-corrected chi connectivity index (χ2v) is 5.94. The van der Waals surface area contributed by atoms with Crippen LogP contribution < -0.4 is 10.6 Å². The molecule has 1 heterocycles. The van der Waals surface area contributed by atoms with E-state index in [0.717, 1.165) is 43.6 Å². The molecule has 0 radical (unpaired) electrons. The van der Waals surface area contributed by atoms with Gasteiger partial charge in [-0.2, -0.15) is 5.10 Å². The molecule has 2 rings (SSSR count). The Morgan fingerprint density at radius 1 is 1.29 bits per heavy atom. The summed E-state index contributed by atoms with van der Waals surface area (Å²) in [5.74, 6) is 0.473. The molecule has 5 nitrogen and oxygen atoms in total. The van der Waals surface area contributed by atoms with Crippen molar-refractivity contribution >= 4 is 5.91 Å². The summed E-state index contributed by atoms with van der Waals surface area (Å²) in [6.45, 7) is 4.62. The molecule has 1 amide bonds. The summed E-state index contributed by atoms with van der Waals surface area (Å²) in [5, 5.41) is 10.8. The largest absolute Gasteiger partial charge is 0.351 e. The molecule has 0 spiro atoms. The van der Waals surface area contributed by atoms with Crippen LogP contribution in [0.5, 0.6) is 0 Å². The first-order valence-electron chi connectivity index (χ1n) is 8.24. The van der Waals surface area contributed by atoms with Gasteiger partial charge in [0.05, 0.1) is 11.3 Å². The molecule has 5 heteroatoms. The summed E-state index contributed by atoms with van der Waals surface area (Å²) in [7, 11) is 1.89. The van der Waals surface area contributed by atoms with E-state index in [1.165, 1.54) is 19.3 Å². The Labute approximate surface area is 127 Å². The monoisotopic (exact) mass is 292 g/mol. The summed E-state index contributed by atoms with van der Waals surface area (Å²) < 4.78 is 1.77. The zero-order valence-corrected chi connectivity index (χ0v) is 13.3. The predicted octanol–water partition coefficient (Wildman–Crippen LogP) is 2.20. The van der Waals surface area contributed by atoms with Gasteiger partial charge in [0.15, 0.2) is 0 Å². The Morgan fingerprint density at radius 2 is 2.05 bits per heavy atom. The van der Waals surface area contributed by atoms with E-state index in [1.54, 1.807) is 4.68 Å². The second kappa shape index (κ2) is 8.17. The van der Waals surface area contributed by atoms with Crippen LogP contribution >= 0.6 is 0 Å². The lowest BCUT2D eigenvalue weighted by Gasteiger charge is -2.20. The van der Waals surface area contributed by atoms with E-state index >= 15 is 0 Å². The Hall–Kier alpha value is -1.36. The molecule has 0 bridgehead atoms. The lowest BCUT2D eigenvalue weighted by Crippen LogP contribution is -2.32. The van der Waals surface area contributed by atoms with Crippen molar-refractivity contribution < 1.29 is 4.79 Å². The quantitative estimate of drug-likeness (QED) is 0.757. The van der Waals surface area contributed by atoms with E-state index < -0.39 is 0 Å². The number of rotatable bonds is 7. The minimum absolute atomic E-state index is 0.0157. The van der Waals surface area contributed by atoms with Crippen molar-refractivity contribution in [2.45, 2.75) is 51.4 Å². The lowest BCUT2D eigenvalue weighted by atomic mass is 9.85. The van der Waals surface area contributed by atoms with Gasteiger partial charge in [0, 0.05) is 32.3 Å². The van der Waals surface area contributed by atoms with E-state index in [1.807, 2.05) is 13.2 Å². The third kappa shape index (κ3) is 4.56. The number of hydrogen-bond acceptors (Lipinski definition) is 3. The van der Waals surface area contributed by atoms with Gasteiger partial charge >= 0.3 is 0 Å². The number of aryl methyl sites for hydroxylation is 1. The summed E-state index contributed by atoms with van der Waals surface area (Å²) in [6.07, 6.45) is 9.12. The fourth-order valence-electron chi connectivity index (χ4n) is 3.02. The standard InChI is InChI=1S/C16H28N4O/c1-3-9-17-10-11-18-16(21)14-12-20(2)19-15(14)13-7-5-4-6-8-13/h12-13,17H,3-11H2,1-2H3,(H,18,21). The Balaban J connectivity index is 1.93. The lowest BCUT2D eigenvalue weighted by molar-refractivity contribution is 0.0952. The third-order valence-corrected chi connectivity index (χ3v) is 4.11. The SMILES string of the molecule is CCCNCCNC(=O)c1cn(C)nc1C1CCCCC1. The van der Waals surface area contributed by atoms with Crippen LogP contribution in [0.4, 0.5) is 0 Å². The number of carbonyl (C=O) groups is 1. The minimum Gasteiger partial charge on any atom is -0.351 e. The molecule has 0 aromatic carbocycles. The molecular formula is C16H28N4O. The number of nitrogens with one attached hydrogen (secondary N) is 2. The Kier molecular flexibility index (Phi) is 6.23. The predicted molar refractivity (Wildman–Crippen MR) is 84.5 cm³/mol. The highest BCUT2D eigenvalue weighted by Gasteiger charge is 2.24. The second-order valence-electron chi connectivity index (χ2n) is 5.94. The summed E-state index contributed by atoms with van der Waals surface area (Å²) >= 11 is 0. The van der Waals surface area contributed by atoms with Gasteiger partial charge in [-0.15, -0.1) is 0 Å². The molecular weight excluding hydrogens is 264 g/mol. The zero-order chi connectivity index (χ0) is 15.1. The highest BCUT2D eigenvalue weighted by atomic mass is 16.1. The average molecular weight is 292 g/mol. The van der Waals surface area contributed by atoms with Gasteiger partial charge in [-0.25, -0.2) is 0 Å². The van der Waals surface area contributed by atoms with E-state index in [2.05, 4.69) is 22.7 Å². The molecule has 1 aliphatic carbocycles. The van der Waals surface area contributed by atoms with Crippen LogP contribution in [-0.4, -0.2) is 35.3 Å². The molecule has 0 aliphatic heterocycles. The van der Waals surface area contributed by atoms with Crippen molar-refractivity contribution in [3.8, 4) is 0 Å². The number of carbonyl (C=O) groups excluding carboxylic acids is 1. The van der Waals surface area contributed by atoms with Gasteiger partial charge in [-0.05, 0) is 25.8 Å². The van der Waals surface area contributed by atoms with E-state index in [4.69, 9.17) is 0 Å². The van der Waals surface area contributed by atoms with Crippen LogP contribution in [0.2, 0.25) is 0 Å². The first-order valence-corrected chi connectivity index (χ1v) is 8.24. The number of amides is 1. The first-order chi connectivity index (χ1) is 10.2. The van der Waals surface area contributed by atoms with Gasteiger partial charge in [0.25, 0.3) is 5.91 Å². The van der Waals surface area contributed by atoms with Crippen molar-refractivity contribution in [2.75, 3.05) is 19.6 Å². The zero-order valence-electron chi connectivity index (χ0n) is 13.3. The summed E-state index contributed by atoms with van der Waals surface area (Å²) in [6, 6.07) is 0. The van der Waals surface area contributed by atoms with Crippen LogP contribution in [0.25, 0.3) is 0 Å². The number of hydrogen-bond donors (Lipinski definition) is 2. The van der Waals surface area contributed by atoms with Gasteiger partial charge in [0.1, 0.15) is 0 Å². The molecule has 2 N–H and O–H groups in total. The van der Waals surface area contributed by atoms with Crippen molar-refractivity contribution in [3.63, 3.8) is 0 Å². The first kappa shape index (κ1) is 16.0. The van der Waals surface area contributed by atoms with Crippen LogP contribution in [0.1, 0.15) is 67.4 Å². The van der Waals surface area contributed by atoms with Gasteiger partial charge < -0.3 is 10.6 Å². The highest BCUT2D eigenvalue weighted by Crippen LogP contribution is 2.33. The van der Waals surface area contributed by atoms with Crippen LogP contribution in [0, 0.1) is 0 Å². The topological polar surface area (TPSA) is 58.9 Å². The molecule has 1 aliphatic rings. The average Bonchev–Trinajstić information content (AvgIpc) is 2.90. The smallest absolute Gasteiger partial charge is 0.254 e. The third-order valence-electron chi connectivity index (χ3n) is 4.11. The molecule has 1 saturated carbocycles. The molecule has 0 saturated heterocycles. The van der Waals surface area contributed by atoms with Crippen molar-refractivity contribution in [1.29, 1.82) is 0 Å². The molecule has 1 aromatic rings. The van der Waals surface area contributed by atoms with E-state index in [-0.39, 0.29) is 5.91 Å². The van der Waals surface area contributed by atoms with Crippen LogP contribution in [0.15, 0.2) is 6.20 Å². The van der Waals surface area contributed by atoms with Crippen molar-refractivity contribution in [1.82, 2.24) is 20.4 Å².